The lowest BCUT2D eigenvalue weighted by Crippen LogP contribution is -1.78. The van der Waals surface area contributed by atoms with Crippen molar-refractivity contribution in [3.8, 4) is 0 Å². The number of nitrogens with zero attached hydrogens (tertiary/aromatic N) is 1. The smallest absolute Gasteiger partial charge is 0.0375 e. The third-order valence-electron chi connectivity index (χ3n) is 1.05. The second-order valence-electron chi connectivity index (χ2n) is 3.71. The van der Waals surface area contributed by atoms with Crippen molar-refractivity contribution >= 4 is 0 Å². The van der Waals surface area contributed by atoms with E-state index in [4.69, 9.17) is 0 Å². The molecule has 1 aromatic heterocycles. The van der Waals surface area contributed by atoms with Crippen LogP contribution in [0.25, 0.3) is 0 Å². The van der Waals surface area contributed by atoms with E-state index in [1.165, 1.54) is 5.56 Å². The fraction of sp³-hybridized carbons (Fsp3) is 0.545. The van der Waals surface area contributed by atoms with E-state index in [1.54, 1.807) is 0 Å². The maximum absolute atomic E-state index is 4.04. The average Bonchev–Trinajstić information content (AvgIpc) is 1.84. The highest BCUT2D eigenvalue weighted by Gasteiger charge is 1.82. The van der Waals surface area contributed by atoms with Crippen LogP contribution in [-0.2, 0) is 0 Å². The number of aromatic nitrogens is 1. The van der Waals surface area contributed by atoms with E-state index in [0.29, 0.717) is 0 Å². The molecule has 0 aliphatic heterocycles. The molecule has 0 amide bonds. The summed E-state index contributed by atoms with van der Waals surface area (Å²) >= 11 is 0. The van der Waals surface area contributed by atoms with E-state index in [0.717, 1.165) is 11.6 Å². The highest BCUT2D eigenvalue weighted by atomic mass is 14.6. The van der Waals surface area contributed by atoms with E-state index >= 15 is 0 Å². The summed E-state index contributed by atoms with van der Waals surface area (Å²) in [6.45, 7) is 10.6. The van der Waals surface area contributed by atoms with Crippen LogP contribution in [0.1, 0.15) is 32.0 Å². The molecule has 1 rings (SSSR count). The van der Waals surface area contributed by atoms with E-state index < -0.39 is 0 Å². The Balaban J connectivity index is 0.000000261. The van der Waals surface area contributed by atoms with Crippen molar-refractivity contribution in [1.29, 1.82) is 0 Å². The third-order valence-corrected chi connectivity index (χ3v) is 1.05. The third kappa shape index (κ3) is 7.26. The Morgan fingerprint density at radius 1 is 1.17 bits per heavy atom. The highest BCUT2D eigenvalue weighted by molar-refractivity contribution is 5.12. The van der Waals surface area contributed by atoms with Crippen LogP contribution in [0.15, 0.2) is 18.3 Å². The van der Waals surface area contributed by atoms with Crippen LogP contribution < -0.4 is 0 Å². The summed E-state index contributed by atoms with van der Waals surface area (Å²) in [5.74, 6) is 0.833. The molecule has 1 aromatic rings. The van der Waals surface area contributed by atoms with Gasteiger partial charge in [-0.25, -0.2) is 0 Å². The monoisotopic (exact) mass is 165 g/mol. The van der Waals surface area contributed by atoms with Crippen LogP contribution in [0.3, 0.4) is 0 Å². The number of hydrogen-bond acceptors (Lipinski definition) is 1. The van der Waals surface area contributed by atoms with Gasteiger partial charge in [-0.1, -0.05) is 20.8 Å². The van der Waals surface area contributed by atoms with Gasteiger partial charge in [-0.05, 0) is 37.5 Å². The molecule has 0 aliphatic carbocycles. The molecule has 0 unspecified atom stereocenters. The van der Waals surface area contributed by atoms with Gasteiger partial charge in [0.05, 0.1) is 0 Å². The maximum Gasteiger partial charge on any atom is 0.0375 e. The second kappa shape index (κ2) is 5.76. The van der Waals surface area contributed by atoms with Gasteiger partial charge in [-0.15, -0.1) is 0 Å². The van der Waals surface area contributed by atoms with E-state index in [2.05, 4.69) is 38.7 Å². The molecule has 0 bridgehead atoms. The van der Waals surface area contributed by atoms with Crippen LogP contribution in [0.5, 0.6) is 0 Å². The Morgan fingerprint density at radius 3 is 1.92 bits per heavy atom. The quantitative estimate of drug-likeness (QED) is 0.574. The first-order valence-electron chi connectivity index (χ1n) is 4.41. The van der Waals surface area contributed by atoms with Crippen LogP contribution in [-0.4, -0.2) is 4.98 Å². The summed E-state index contributed by atoms with van der Waals surface area (Å²) in [7, 11) is 0. The zero-order valence-electron chi connectivity index (χ0n) is 8.76. The predicted molar refractivity (Wildman–Crippen MR) is 54.2 cm³/mol. The van der Waals surface area contributed by atoms with Crippen LogP contribution in [0.4, 0.5) is 0 Å². The van der Waals surface area contributed by atoms with Gasteiger partial charge in [0.15, 0.2) is 0 Å². The lowest BCUT2D eigenvalue weighted by atomic mass is 10.3. The topological polar surface area (TPSA) is 12.9 Å². The molecule has 0 saturated carbocycles. The zero-order valence-corrected chi connectivity index (χ0v) is 8.76. The van der Waals surface area contributed by atoms with Crippen molar-refractivity contribution in [2.75, 3.05) is 0 Å². The number of pyridine rings is 1. The van der Waals surface area contributed by atoms with Crippen molar-refractivity contribution in [2.45, 2.75) is 34.6 Å². The van der Waals surface area contributed by atoms with Gasteiger partial charge in [-0.3, -0.25) is 4.98 Å². The minimum Gasteiger partial charge on any atom is -0.262 e. The summed E-state index contributed by atoms with van der Waals surface area (Å²) in [4.78, 5) is 4.04. The van der Waals surface area contributed by atoms with Crippen molar-refractivity contribution in [3.05, 3.63) is 29.6 Å². The normalized spacial score (nSPS) is 9.17. The Bertz CT molecular complexity index is 196. The Hall–Kier alpha value is -0.850. The summed E-state index contributed by atoms with van der Waals surface area (Å²) in [6, 6.07) is 4.05. The van der Waals surface area contributed by atoms with Gasteiger partial charge in [-0.2, -0.15) is 0 Å². The van der Waals surface area contributed by atoms with Gasteiger partial charge in [0.1, 0.15) is 0 Å². The summed E-state index contributed by atoms with van der Waals surface area (Å²) < 4.78 is 0. The van der Waals surface area contributed by atoms with Gasteiger partial charge >= 0.3 is 0 Å². The lowest BCUT2D eigenvalue weighted by Gasteiger charge is -1.90. The van der Waals surface area contributed by atoms with E-state index in [9.17, 15) is 0 Å². The Labute approximate surface area is 75.8 Å². The molecule has 1 heterocycles. The van der Waals surface area contributed by atoms with Crippen molar-refractivity contribution in [2.24, 2.45) is 5.92 Å². The standard InChI is InChI=1S/C7H9N.C4H10/c1-6-3-4-8-7(2)5-6;1-4(2)3/h3-5H,1-2H3;4H,1-3H3. The van der Waals surface area contributed by atoms with Crippen molar-refractivity contribution < 1.29 is 0 Å². The molecule has 0 aliphatic rings. The van der Waals surface area contributed by atoms with E-state index in [-0.39, 0.29) is 0 Å². The second-order valence-corrected chi connectivity index (χ2v) is 3.71. The summed E-state index contributed by atoms with van der Waals surface area (Å²) in [5.41, 5.74) is 2.36. The Kier molecular flexibility index (Phi) is 5.35. The van der Waals surface area contributed by atoms with Crippen molar-refractivity contribution in [3.63, 3.8) is 0 Å². The molecule has 0 atom stereocenters. The van der Waals surface area contributed by atoms with Crippen LogP contribution in [0, 0.1) is 19.8 Å². The minimum atomic E-state index is 0.833. The maximum atomic E-state index is 4.04. The highest BCUT2D eigenvalue weighted by Crippen LogP contribution is 1.95. The predicted octanol–water partition coefficient (Wildman–Crippen LogP) is 3.36. The molecule has 0 saturated heterocycles. The average molecular weight is 165 g/mol. The van der Waals surface area contributed by atoms with Gasteiger partial charge in [0.25, 0.3) is 0 Å². The molecule has 0 fully saturated rings. The molecular weight excluding hydrogens is 146 g/mol. The molecule has 0 N–H and O–H groups in total. The molecule has 1 nitrogen and oxygen atoms in total. The van der Waals surface area contributed by atoms with Crippen LogP contribution >= 0.6 is 0 Å². The largest absolute Gasteiger partial charge is 0.262 e. The number of rotatable bonds is 0. The first kappa shape index (κ1) is 11.2. The summed E-state index contributed by atoms with van der Waals surface area (Å²) in [6.07, 6.45) is 1.82. The molecule has 0 spiro atoms. The summed E-state index contributed by atoms with van der Waals surface area (Å²) in [5, 5.41) is 0. The van der Waals surface area contributed by atoms with E-state index in [1.807, 2.05) is 19.2 Å². The minimum absolute atomic E-state index is 0.833. The lowest BCUT2D eigenvalue weighted by molar-refractivity contribution is 0.737. The number of hydrogen-bond donors (Lipinski definition) is 0. The molecule has 0 radical (unpaired) electrons. The molecular formula is C11H19N. The molecule has 68 valence electrons. The SMILES string of the molecule is CC(C)C.Cc1ccnc(C)c1. The molecule has 12 heavy (non-hydrogen) atoms. The van der Waals surface area contributed by atoms with Gasteiger partial charge in [0, 0.05) is 11.9 Å². The van der Waals surface area contributed by atoms with Gasteiger partial charge in [0.2, 0.25) is 0 Å². The fourth-order valence-corrected chi connectivity index (χ4v) is 0.687. The fourth-order valence-electron chi connectivity index (χ4n) is 0.687. The number of aryl methyl sites for hydroxylation is 2. The van der Waals surface area contributed by atoms with Crippen molar-refractivity contribution in [1.82, 2.24) is 4.98 Å². The van der Waals surface area contributed by atoms with Crippen LogP contribution in [0.2, 0.25) is 0 Å². The zero-order chi connectivity index (χ0) is 9.56. The Morgan fingerprint density at radius 2 is 1.67 bits per heavy atom. The molecule has 0 aromatic carbocycles. The first-order valence-corrected chi connectivity index (χ1v) is 4.41. The van der Waals surface area contributed by atoms with Gasteiger partial charge < -0.3 is 0 Å². The molecule has 1 heteroatoms. The first-order chi connectivity index (χ1) is 5.52.